The lowest BCUT2D eigenvalue weighted by Gasteiger charge is -2.32. The van der Waals surface area contributed by atoms with Crippen molar-refractivity contribution in [3.05, 3.63) is 72.8 Å². The molecule has 178 valence electrons. The molecule has 0 atom stereocenters. The molecular weight excluding hydrogens is 447 g/mol. The molecule has 2 nitrogen and oxygen atoms in total. The Morgan fingerprint density at radius 1 is 0.571 bits per heavy atom. The average Bonchev–Trinajstić information content (AvgIpc) is 3.03. The van der Waals surface area contributed by atoms with E-state index in [0.717, 1.165) is 5.46 Å². The van der Waals surface area contributed by atoms with Gasteiger partial charge in [-0.2, -0.15) is 0 Å². The molecule has 5 aromatic rings. The Bertz CT molecular complexity index is 1500. The van der Waals surface area contributed by atoms with Gasteiger partial charge in [0.05, 0.1) is 11.2 Å². The Morgan fingerprint density at radius 2 is 1.00 bits per heavy atom. The molecule has 0 amide bonds. The van der Waals surface area contributed by atoms with Gasteiger partial charge in [0, 0.05) is 0 Å². The highest BCUT2D eigenvalue weighted by Crippen LogP contribution is 2.46. The van der Waals surface area contributed by atoms with Crippen molar-refractivity contribution in [2.24, 2.45) is 0 Å². The Balaban J connectivity index is 1.46. The van der Waals surface area contributed by atoms with Crippen LogP contribution in [-0.2, 0) is 9.31 Å². The van der Waals surface area contributed by atoms with Crippen LogP contribution in [0.2, 0.25) is 0 Å². The summed E-state index contributed by atoms with van der Waals surface area (Å²) in [6, 6.07) is 27.3. The Labute approximate surface area is 210 Å². The van der Waals surface area contributed by atoms with Crippen molar-refractivity contribution < 1.29 is 9.31 Å². The zero-order chi connectivity index (χ0) is 24.8. The molecule has 0 radical (unpaired) electrons. The molecule has 35 heavy (non-hydrogen) atoms. The molecular formula is C31H33BO2S. The largest absolute Gasteiger partial charge is 0.494 e. The fraction of sp³-hybridized carbons (Fsp3) is 0.290. The van der Waals surface area contributed by atoms with E-state index in [1.807, 2.05) is 0 Å². The summed E-state index contributed by atoms with van der Waals surface area (Å²) >= 11 is 0. The van der Waals surface area contributed by atoms with Crippen molar-refractivity contribution in [1.29, 1.82) is 0 Å². The lowest BCUT2D eigenvalue weighted by atomic mass is 9.76. The maximum atomic E-state index is 6.35. The fourth-order valence-corrected chi connectivity index (χ4v) is 6.15. The lowest BCUT2D eigenvalue weighted by molar-refractivity contribution is 0.00578. The highest BCUT2D eigenvalue weighted by Gasteiger charge is 2.51. The zero-order valence-corrected chi connectivity index (χ0v) is 22.5. The van der Waals surface area contributed by atoms with Gasteiger partial charge in [-0.1, -0.05) is 48.5 Å². The van der Waals surface area contributed by atoms with E-state index in [4.69, 9.17) is 9.31 Å². The second kappa shape index (κ2) is 7.49. The molecule has 1 fully saturated rings. The van der Waals surface area contributed by atoms with E-state index < -0.39 is 10.0 Å². The van der Waals surface area contributed by atoms with Gasteiger partial charge in [-0.05, 0) is 125 Å². The fourth-order valence-electron chi connectivity index (χ4n) is 5.20. The third-order valence-electron chi connectivity index (χ3n) is 7.98. The van der Waals surface area contributed by atoms with Crippen LogP contribution >= 0.6 is 10.0 Å². The molecule has 1 saturated heterocycles. The van der Waals surface area contributed by atoms with Crippen LogP contribution in [0.5, 0.6) is 0 Å². The summed E-state index contributed by atoms with van der Waals surface area (Å²) in [4.78, 5) is 1.44. The predicted molar refractivity (Wildman–Crippen MR) is 155 cm³/mol. The van der Waals surface area contributed by atoms with Crippen LogP contribution in [0.4, 0.5) is 0 Å². The van der Waals surface area contributed by atoms with E-state index in [1.165, 1.54) is 48.3 Å². The third kappa shape index (κ3) is 3.66. The first-order valence-electron chi connectivity index (χ1n) is 12.3. The van der Waals surface area contributed by atoms with E-state index in [9.17, 15) is 0 Å². The molecule has 1 aliphatic rings. The first-order valence-corrected chi connectivity index (χ1v) is 15.2. The molecule has 0 N–H and O–H groups in total. The summed E-state index contributed by atoms with van der Waals surface area (Å²) in [5.41, 5.74) is 2.92. The predicted octanol–water partition coefficient (Wildman–Crippen LogP) is 7.60. The SMILES string of the molecule is CC1(C)OB(c2cc3ccc4cc(-c5ccc(S(C)(C)C)cc5)cc5ccc(c2)c3c45)OC1(C)C. The normalized spacial score (nSPS) is 18.2. The van der Waals surface area contributed by atoms with Crippen molar-refractivity contribution in [2.45, 2.75) is 43.8 Å². The lowest BCUT2D eigenvalue weighted by Crippen LogP contribution is -2.41. The molecule has 1 heterocycles. The average molecular weight is 480 g/mol. The second-order valence-corrected chi connectivity index (χ2v) is 15.9. The maximum absolute atomic E-state index is 6.35. The van der Waals surface area contributed by atoms with E-state index in [1.54, 1.807) is 0 Å². The van der Waals surface area contributed by atoms with Crippen LogP contribution in [0.15, 0.2) is 77.7 Å². The van der Waals surface area contributed by atoms with Crippen molar-refractivity contribution in [3.63, 3.8) is 0 Å². The highest BCUT2D eigenvalue weighted by atomic mass is 32.3. The topological polar surface area (TPSA) is 18.5 Å². The smallest absolute Gasteiger partial charge is 0.399 e. The van der Waals surface area contributed by atoms with E-state index in [2.05, 4.69) is 119 Å². The number of hydrogen-bond donors (Lipinski definition) is 0. The monoisotopic (exact) mass is 480 g/mol. The summed E-state index contributed by atoms with van der Waals surface area (Å²) < 4.78 is 12.7. The maximum Gasteiger partial charge on any atom is 0.494 e. The van der Waals surface area contributed by atoms with Crippen LogP contribution in [-0.4, -0.2) is 37.1 Å². The van der Waals surface area contributed by atoms with Crippen molar-refractivity contribution in [1.82, 2.24) is 0 Å². The molecule has 0 aromatic heterocycles. The number of rotatable bonds is 3. The molecule has 4 heteroatoms. The first-order chi connectivity index (χ1) is 16.4. The minimum absolute atomic E-state index is 0.348. The second-order valence-electron chi connectivity index (χ2n) is 11.7. The molecule has 0 saturated carbocycles. The van der Waals surface area contributed by atoms with Crippen LogP contribution in [0.25, 0.3) is 43.4 Å². The van der Waals surface area contributed by atoms with Crippen LogP contribution < -0.4 is 5.46 Å². The molecule has 5 aromatic carbocycles. The summed E-state index contributed by atoms with van der Waals surface area (Å²) in [5.74, 6) is 0. The molecule has 6 rings (SSSR count). The quantitative estimate of drug-likeness (QED) is 0.196. The van der Waals surface area contributed by atoms with Gasteiger partial charge < -0.3 is 9.31 Å². The Kier molecular flexibility index (Phi) is 4.90. The number of benzene rings is 5. The molecule has 0 aliphatic carbocycles. The van der Waals surface area contributed by atoms with Gasteiger partial charge in [0.2, 0.25) is 0 Å². The third-order valence-corrected chi connectivity index (χ3v) is 9.66. The summed E-state index contributed by atoms with van der Waals surface area (Å²) in [6.45, 7) is 8.42. The van der Waals surface area contributed by atoms with Crippen molar-refractivity contribution in [2.75, 3.05) is 18.8 Å². The van der Waals surface area contributed by atoms with Crippen LogP contribution in [0.3, 0.4) is 0 Å². The molecule has 0 unspecified atom stereocenters. The molecule has 0 bridgehead atoms. The van der Waals surface area contributed by atoms with E-state index in [0.29, 0.717) is 0 Å². The first kappa shape index (κ1) is 22.9. The van der Waals surface area contributed by atoms with Gasteiger partial charge in [-0.25, -0.2) is 10.0 Å². The van der Waals surface area contributed by atoms with Crippen LogP contribution in [0, 0.1) is 0 Å². The molecule has 1 aliphatic heterocycles. The van der Waals surface area contributed by atoms with Gasteiger partial charge in [-0.3, -0.25) is 0 Å². The van der Waals surface area contributed by atoms with Gasteiger partial charge in [-0.15, -0.1) is 0 Å². The minimum atomic E-state index is -0.718. The van der Waals surface area contributed by atoms with Crippen molar-refractivity contribution in [3.8, 4) is 11.1 Å². The highest BCUT2D eigenvalue weighted by molar-refractivity contribution is 8.32. The van der Waals surface area contributed by atoms with E-state index >= 15 is 0 Å². The molecule has 0 spiro atoms. The van der Waals surface area contributed by atoms with Gasteiger partial charge in [0.1, 0.15) is 0 Å². The van der Waals surface area contributed by atoms with Crippen molar-refractivity contribution >= 4 is 54.9 Å². The summed E-state index contributed by atoms with van der Waals surface area (Å²) in [7, 11) is -1.07. The number of hydrogen-bond acceptors (Lipinski definition) is 2. The summed E-state index contributed by atoms with van der Waals surface area (Å²) in [6.07, 6.45) is 7.02. The Hall–Kier alpha value is -2.53. The standard InChI is InChI=1S/C31H33BO2S/c1-30(2)31(3,4)34-32(33-30)26-18-23-10-8-21-16-25(20-12-14-27(15-13-20)35(5,6)7)17-22-9-11-24(19-26)29(23)28(21)22/h8-19H,1-7H3. The van der Waals surface area contributed by atoms with Gasteiger partial charge >= 0.3 is 7.12 Å². The Morgan fingerprint density at radius 3 is 1.43 bits per heavy atom. The van der Waals surface area contributed by atoms with Crippen LogP contribution in [0.1, 0.15) is 27.7 Å². The zero-order valence-electron chi connectivity index (χ0n) is 21.7. The summed E-state index contributed by atoms with van der Waals surface area (Å²) in [5, 5.41) is 7.68. The van der Waals surface area contributed by atoms with E-state index in [-0.39, 0.29) is 18.3 Å². The van der Waals surface area contributed by atoms with Gasteiger partial charge in [0.25, 0.3) is 0 Å². The minimum Gasteiger partial charge on any atom is -0.399 e. The van der Waals surface area contributed by atoms with Gasteiger partial charge in [0.15, 0.2) is 0 Å².